The normalized spacial score (nSPS) is 11.6. The summed E-state index contributed by atoms with van der Waals surface area (Å²) < 4.78 is 11.3. The van der Waals surface area contributed by atoms with E-state index in [0.717, 1.165) is 4.32 Å². The SMILES string of the molecule is COC(OC)[SiH2]CCCSSSSC(=S)N(C)C. The Bertz CT molecular complexity index is 219. The Morgan fingerprint density at radius 1 is 1.28 bits per heavy atom. The van der Waals surface area contributed by atoms with Crippen LogP contribution in [-0.2, 0) is 9.47 Å². The number of methoxy groups -OCH3 is 2. The van der Waals surface area contributed by atoms with Crippen LogP contribution < -0.4 is 0 Å². The maximum absolute atomic E-state index is 5.19. The third-order valence-electron chi connectivity index (χ3n) is 1.99. The van der Waals surface area contributed by atoms with Crippen LogP contribution in [0.15, 0.2) is 0 Å². The van der Waals surface area contributed by atoms with Gasteiger partial charge in [-0.15, -0.1) is 0 Å². The molecule has 0 aliphatic carbocycles. The van der Waals surface area contributed by atoms with Crippen molar-refractivity contribution in [3.63, 3.8) is 0 Å². The predicted molar refractivity (Wildman–Crippen MR) is 97.3 cm³/mol. The first-order chi connectivity index (χ1) is 8.61. The van der Waals surface area contributed by atoms with Crippen LogP contribution in [0.1, 0.15) is 6.42 Å². The second kappa shape index (κ2) is 13.4. The van der Waals surface area contributed by atoms with Gasteiger partial charge in [-0.1, -0.05) is 29.1 Å². The molecule has 0 aromatic carbocycles. The average Bonchev–Trinajstić information content (AvgIpc) is 2.36. The lowest BCUT2D eigenvalue weighted by Crippen LogP contribution is -2.21. The third kappa shape index (κ3) is 11.3. The molecule has 0 saturated heterocycles. The minimum Gasteiger partial charge on any atom is -0.363 e. The summed E-state index contributed by atoms with van der Waals surface area (Å²) in [5, 5.41) is 0. The zero-order valence-corrected chi connectivity index (χ0v) is 16.7. The van der Waals surface area contributed by atoms with E-state index < -0.39 is 0 Å². The fraction of sp³-hybridized carbons (Fsp3) is 0.889. The van der Waals surface area contributed by atoms with Gasteiger partial charge < -0.3 is 14.4 Å². The molecular formula is C9H21NO2S5Si. The van der Waals surface area contributed by atoms with Crippen LogP contribution in [0.2, 0.25) is 6.04 Å². The van der Waals surface area contributed by atoms with E-state index >= 15 is 0 Å². The van der Waals surface area contributed by atoms with E-state index in [1.807, 2.05) is 29.8 Å². The molecule has 0 heterocycles. The Kier molecular flexibility index (Phi) is 14.5. The van der Waals surface area contributed by atoms with Crippen molar-refractivity contribution < 1.29 is 9.47 Å². The van der Waals surface area contributed by atoms with Crippen molar-refractivity contribution in [3.8, 4) is 0 Å². The summed E-state index contributed by atoms with van der Waals surface area (Å²) in [5.41, 5.74) is 0. The molecule has 0 aliphatic heterocycles. The van der Waals surface area contributed by atoms with E-state index in [9.17, 15) is 0 Å². The molecule has 0 radical (unpaired) electrons. The molecule has 0 aliphatic rings. The summed E-state index contributed by atoms with van der Waals surface area (Å²) in [5.74, 6) is 1.27. The summed E-state index contributed by atoms with van der Waals surface area (Å²) in [6.45, 7) is 0. The average molecular weight is 364 g/mol. The van der Waals surface area contributed by atoms with Crippen molar-refractivity contribution in [1.29, 1.82) is 0 Å². The van der Waals surface area contributed by atoms with Gasteiger partial charge in [0.1, 0.15) is 10.2 Å². The number of hydrogen-bond donors (Lipinski definition) is 0. The van der Waals surface area contributed by atoms with E-state index in [1.54, 1.807) is 44.7 Å². The highest BCUT2D eigenvalue weighted by Crippen LogP contribution is 2.44. The summed E-state index contributed by atoms with van der Waals surface area (Å²) >= 11 is 5.18. The number of nitrogens with zero attached hydrogens (tertiary/aromatic N) is 1. The largest absolute Gasteiger partial charge is 0.363 e. The van der Waals surface area contributed by atoms with Crippen LogP contribution in [0, 0.1) is 0 Å². The molecule has 3 nitrogen and oxygen atoms in total. The van der Waals surface area contributed by atoms with Crippen LogP contribution in [0.3, 0.4) is 0 Å². The van der Waals surface area contributed by atoms with Gasteiger partial charge in [0.25, 0.3) is 0 Å². The lowest BCUT2D eigenvalue weighted by Gasteiger charge is -2.12. The number of hydrogen-bond acceptors (Lipinski definition) is 7. The molecule has 0 atom stereocenters. The van der Waals surface area contributed by atoms with Gasteiger partial charge in [-0.05, 0) is 36.9 Å². The first kappa shape index (κ1) is 19.4. The number of thiocarbonyl (C=S) groups is 1. The second-order valence-electron chi connectivity index (χ2n) is 3.60. The first-order valence-electron chi connectivity index (χ1n) is 5.51. The lowest BCUT2D eigenvalue weighted by molar-refractivity contribution is -0.0441. The summed E-state index contributed by atoms with van der Waals surface area (Å²) in [6, 6.07) is 1.27. The highest BCUT2D eigenvalue weighted by atomic mass is 33.7. The molecule has 0 bridgehead atoms. The van der Waals surface area contributed by atoms with Gasteiger partial charge in [0, 0.05) is 34.1 Å². The van der Waals surface area contributed by atoms with E-state index in [2.05, 4.69) is 0 Å². The smallest absolute Gasteiger partial charge is 0.147 e. The Balaban J connectivity index is 3.24. The van der Waals surface area contributed by atoms with Crippen LogP contribution >= 0.6 is 53.5 Å². The number of rotatable bonds is 10. The van der Waals surface area contributed by atoms with Crippen LogP contribution in [-0.4, -0.2) is 58.7 Å². The molecule has 0 aromatic rings. The van der Waals surface area contributed by atoms with Gasteiger partial charge in [-0.3, -0.25) is 0 Å². The molecular weight excluding hydrogens is 343 g/mol. The van der Waals surface area contributed by atoms with Gasteiger partial charge in [-0.25, -0.2) is 0 Å². The van der Waals surface area contributed by atoms with Crippen LogP contribution in [0.5, 0.6) is 0 Å². The highest BCUT2D eigenvalue weighted by Gasteiger charge is 2.05. The fourth-order valence-corrected chi connectivity index (χ4v) is 9.03. The third-order valence-corrected chi connectivity index (χ3v) is 11.3. The van der Waals surface area contributed by atoms with Gasteiger partial charge in [0.15, 0.2) is 0 Å². The minimum atomic E-state index is -0.244. The van der Waals surface area contributed by atoms with Gasteiger partial charge in [0.2, 0.25) is 0 Å². The topological polar surface area (TPSA) is 21.7 Å². The Morgan fingerprint density at radius 2 is 1.94 bits per heavy atom. The second-order valence-corrected chi connectivity index (χ2v) is 12.1. The first-order valence-corrected chi connectivity index (χ1v) is 12.7. The van der Waals surface area contributed by atoms with Gasteiger partial charge >= 0.3 is 0 Å². The Labute approximate surface area is 133 Å². The maximum atomic E-state index is 5.19. The minimum absolute atomic E-state index is 0.0880. The molecule has 0 saturated carbocycles. The fourth-order valence-electron chi connectivity index (χ4n) is 0.975. The van der Waals surface area contributed by atoms with Gasteiger partial charge in [0.05, 0.1) is 9.52 Å². The molecule has 0 rings (SSSR count). The van der Waals surface area contributed by atoms with Crippen LogP contribution in [0.25, 0.3) is 0 Å². The van der Waals surface area contributed by atoms with E-state index in [-0.39, 0.29) is 15.4 Å². The molecule has 0 N–H and O–H groups in total. The van der Waals surface area contributed by atoms with E-state index in [0.29, 0.717) is 0 Å². The van der Waals surface area contributed by atoms with Gasteiger partial charge in [-0.2, -0.15) is 0 Å². The van der Waals surface area contributed by atoms with E-state index in [1.165, 1.54) is 18.2 Å². The van der Waals surface area contributed by atoms with Crippen molar-refractivity contribution in [3.05, 3.63) is 0 Å². The molecule has 108 valence electrons. The Morgan fingerprint density at radius 3 is 2.50 bits per heavy atom. The molecule has 0 fully saturated rings. The summed E-state index contributed by atoms with van der Waals surface area (Å²) in [4.78, 5) is 1.96. The predicted octanol–water partition coefficient (Wildman–Crippen LogP) is 3.06. The molecule has 0 unspecified atom stereocenters. The van der Waals surface area contributed by atoms with E-state index in [4.69, 9.17) is 21.7 Å². The maximum Gasteiger partial charge on any atom is 0.147 e. The van der Waals surface area contributed by atoms with Crippen molar-refractivity contribution in [2.75, 3.05) is 34.1 Å². The van der Waals surface area contributed by atoms with Crippen molar-refractivity contribution in [1.82, 2.24) is 4.90 Å². The van der Waals surface area contributed by atoms with Crippen molar-refractivity contribution in [2.45, 2.75) is 18.4 Å². The molecule has 9 heteroatoms. The lowest BCUT2D eigenvalue weighted by atomic mass is 10.6. The highest BCUT2D eigenvalue weighted by molar-refractivity contribution is 9.27. The zero-order chi connectivity index (χ0) is 13.8. The van der Waals surface area contributed by atoms with Crippen molar-refractivity contribution >= 4 is 67.3 Å². The molecule has 0 aromatic heterocycles. The Hall–Kier alpha value is 1.43. The van der Waals surface area contributed by atoms with Crippen molar-refractivity contribution in [2.24, 2.45) is 0 Å². The molecule has 18 heavy (non-hydrogen) atoms. The monoisotopic (exact) mass is 363 g/mol. The summed E-state index contributed by atoms with van der Waals surface area (Å²) in [6.07, 6.45) is 1.25. The standard InChI is InChI=1S/C9H21NO2S5Si/c1-10(2)8(13)15-17-16-14-6-5-7-18-9(11-3)12-4/h9H,5-7,18H2,1-4H3. The molecule has 0 amide bonds. The van der Waals surface area contributed by atoms with Crippen LogP contribution in [0.4, 0.5) is 0 Å². The summed E-state index contributed by atoms with van der Waals surface area (Å²) in [7, 11) is 14.2. The quantitative estimate of drug-likeness (QED) is 0.192. The zero-order valence-electron chi connectivity index (χ0n) is 11.2. The molecule has 0 spiro atoms. The number of ether oxygens (including phenoxy) is 2.